The van der Waals surface area contributed by atoms with Crippen molar-refractivity contribution in [2.75, 3.05) is 19.8 Å². The van der Waals surface area contributed by atoms with E-state index >= 15 is 0 Å². The van der Waals surface area contributed by atoms with Crippen molar-refractivity contribution in [3.05, 3.63) is 35.8 Å². The highest BCUT2D eigenvalue weighted by Gasteiger charge is 2.30. The Labute approximate surface area is 145 Å². The van der Waals surface area contributed by atoms with Crippen LogP contribution in [-0.2, 0) is 29.2 Å². The van der Waals surface area contributed by atoms with Crippen molar-refractivity contribution in [2.24, 2.45) is 5.92 Å². The highest BCUT2D eigenvalue weighted by Crippen LogP contribution is 2.21. The van der Waals surface area contributed by atoms with Gasteiger partial charge in [0.2, 0.25) is 11.8 Å². The minimum absolute atomic E-state index is 0.0179. The molecule has 8 nitrogen and oxygen atoms in total. The lowest BCUT2D eigenvalue weighted by atomic mass is 10.1. The van der Waals surface area contributed by atoms with Crippen LogP contribution in [-0.4, -0.2) is 50.5 Å². The molecule has 132 valence electrons. The molecule has 4 heterocycles. The first-order chi connectivity index (χ1) is 12.3. The molecule has 0 aromatic carbocycles. The molecule has 2 aliphatic heterocycles. The van der Waals surface area contributed by atoms with Gasteiger partial charge >= 0.3 is 0 Å². The molecule has 1 fully saturated rings. The molecule has 0 radical (unpaired) electrons. The van der Waals surface area contributed by atoms with E-state index in [-0.39, 0.29) is 11.8 Å². The molecule has 1 unspecified atom stereocenters. The lowest BCUT2D eigenvalue weighted by molar-refractivity contribution is -0.136. The topological polar surface area (TPSA) is 82.4 Å². The molecule has 0 bridgehead atoms. The van der Waals surface area contributed by atoms with Crippen molar-refractivity contribution in [1.29, 1.82) is 0 Å². The van der Waals surface area contributed by atoms with Gasteiger partial charge in [-0.1, -0.05) is 11.3 Å². The smallest absolute Gasteiger partial charge is 0.228 e. The summed E-state index contributed by atoms with van der Waals surface area (Å²) in [6.07, 6.45) is 3.37. The van der Waals surface area contributed by atoms with Gasteiger partial charge in [-0.05, 0) is 18.9 Å². The van der Waals surface area contributed by atoms with Gasteiger partial charge in [0, 0.05) is 32.0 Å². The summed E-state index contributed by atoms with van der Waals surface area (Å²) in [5.74, 6) is 0.702. The van der Waals surface area contributed by atoms with Crippen LogP contribution in [0.3, 0.4) is 0 Å². The fourth-order valence-corrected chi connectivity index (χ4v) is 3.25. The number of nitrogens with zero attached hydrogens (tertiary/aromatic N) is 5. The van der Waals surface area contributed by atoms with Crippen molar-refractivity contribution in [3.63, 3.8) is 0 Å². The number of fused-ring (bicyclic) bond motifs is 1. The van der Waals surface area contributed by atoms with Crippen molar-refractivity contribution in [2.45, 2.75) is 32.5 Å². The summed E-state index contributed by atoms with van der Waals surface area (Å²) in [6.45, 7) is 3.51. The Bertz CT molecular complexity index is 727. The van der Waals surface area contributed by atoms with Gasteiger partial charge in [0.15, 0.2) is 0 Å². The van der Waals surface area contributed by atoms with E-state index in [0.29, 0.717) is 32.2 Å². The molecular formula is C17H21N5O3. The number of rotatable bonds is 4. The largest absolute Gasteiger partial charge is 0.471 e. The predicted octanol–water partition coefficient (Wildman–Crippen LogP) is 1.02. The van der Waals surface area contributed by atoms with Crippen LogP contribution in [0, 0.1) is 5.92 Å². The Morgan fingerprint density at radius 1 is 1.36 bits per heavy atom. The Morgan fingerprint density at radius 3 is 3.12 bits per heavy atom. The molecule has 1 atom stereocenters. The normalized spacial score (nSPS) is 20.2. The van der Waals surface area contributed by atoms with Crippen molar-refractivity contribution in [3.8, 4) is 5.88 Å². The molecule has 0 aliphatic carbocycles. The SMILES string of the molecule is O=C(C1CCOC1)N1CCCn2nnc(COc3ccccn3)c2C1. The zero-order valence-electron chi connectivity index (χ0n) is 14.0. The van der Waals surface area contributed by atoms with Crippen LogP contribution in [0.4, 0.5) is 0 Å². The van der Waals surface area contributed by atoms with E-state index in [1.54, 1.807) is 12.3 Å². The van der Waals surface area contributed by atoms with E-state index in [4.69, 9.17) is 9.47 Å². The number of ether oxygens (including phenoxy) is 2. The third kappa shape index (κ3) is 3.48. The first kappa shape index (κ1) is 16.0. The third-order valence-corrected chi connectivity index (χ3v) is 4.64. The van der Waals surface area contributed by atoms with Crippen LogP contribution >= 0.6 is 0 Å². The van der Waals surface area contributed by atoms with Gasteiger partial charge in [0.25, 0.3) is 0 Å². The number of aromatic nitrogens is 4. The van der Waals surface area contributed by atoms with E-state index in [0.717, 1.165) is 37.3 Å². The molecular weight excluding hydrogens is 322 g/mol. The van der Waals surface area contributed by atoms with Crippen LogP contribution in [0.15, 0.2) is 24.4 Å². The van der Waals surface area contributed by atoms with Gasteiger partial charge in [-0.15, -0.1) is 5.10 Å². The maximum atomic E-state index is 12.7. The van der Waals surface area contributed by atoms with Gasteiger partial charge in [-0.2, -0.15) is 0 Å². The number of amides is 1. The molecule has 8 heteroatoms. The number of hydrogen-bond donors (Lipinski definition) is 0. The first-order valence-electron chi connectivity index (χ1n) is 8.63. The predicted molar refractivity (Wildman–Crippen MR) is 87.6 cm³/mol. The average molecular weight is 343 g/mol. The van der Waals surface area contributed by atoms with Gasteiger partial charge in [-0.25, -0.2) is 9.67 Å². The number of carbonyl (C=O) groups excluding carboxylic acids is 1. The van der Waals surface area contributed by atoms with Crippen LogP contribution in [0.1, 0.15) is 24.2 Å². The number of pyridine rings is 1. The highest BCUT2D eigenvalue weighted by molar-refractivity contribution is 5.79. The third-order valence-electron chi connectivity index (χ3n) is 4.64. The Balaban J connectivity index is 1.48. The summed E-state index contributed by atoms with van der Waals surface area (Å²) in [7, 11) is 0. The number of carbonyl (C=O) groups is 1. The average Bonchev–Trinajstić information content (AvgIpc) is 3.26. The van der Waals surface area contributed by atoms with Gasteiger partial charge in [0.1, 0.15) is 12.3 Å². The lowest BCUT2D eigenvalue weighted by Crippen LogP contribution is -2.36. The van der Waals surface area contributed by atoms with Crippen LogP contribution in [0.5, 0.6) is 5.88 Å². The summed E-state index contributed by atoms with van der Waals surface area (Å²) in [6, 6.07) is 5.52. The zero-order chi connectivity index (χ0) is 17.1. The summed E-state index contributed by atoms with van der Waals surface area (Å²) in [5, 5.41) is 8.47. The lowest BCUT2D eigenvalue weighted by Gasteiger charge is -2.23. The fourth-order valence-electron chi connectivity index (χ4n) is 3.25. The van der Waals surface area contributed by atoms with E-state index in [1.807, 2.05) is 21.7 Å². The quantitative estimate of drug-likeness (QED) is 0.824. The molecule has 0 N–H and O–H groups in total. The molecule has 0 spiro atoms. The van der Waals surface area contributed by atoms with Crippen molar-refractivity contribution < 1.29 is 14.3 Å². The molecule has 4 rings (SSSR count). The number of aryl methyl sites for hydroxylation is 1. The summed E-state index contributed by atoms with van der Waals surface area (Å²) in [4.78, 5) is 18.8. The Kier molecular flexibility index (Phi) is 4.60. The summed E-state index contributed by atoms with van der Waals surface area (Å²) in [5.41, 5.74) is 1.70. The molecule has 2 aliphatic rings. The molecule has 2 aromatic rings. The molecule has 2 aromatic heterocycles. The molecule has 25 heavy (non-hydrogen) atoms. The zero-order valence-corrected chi connectivity index (χ0v) is 14.0. The second kappa shape index (κ2) is 7.18. The van der Waals surface area contributed by atoms with Gasteiger partial charge < -0.3 is 14.4 Å². The fraction of sp³-hybridized carbons (Fsp3) is 0.529. The number of hydrogen-bond acceptors (Lipinski definition) is 6. The van der Waals surface area contributed by atoms with Crippen LogP contribution < -0.4 is 4.74 Å². The highest BCUT2D eigenvalue weighted by atomic mass is 16.5. The monoisotopic (exact) mass is 343 g/mol. The molecule has 0 saturated carbocycles. The van der Waals surface area contributed by atoms with Crippen LogP contribution in [0.25, 0.3) is 0 Å². The molecule has 1 amide bonds. The van der Waals surface area contributed by atoms with E-state index in [1.165, 1.54) is 0 Å². The maximum absolute atomic E-state index is 12.7. The van der Waals surface area contributed by atoms with E-state index in [9.17, 15) is 4.79 Å². The first-order valence-corrected chi connectivity index (χ1v) is 8.63. The minimum atomic E-state index is -0.0179. The standard InChI is InChI=1S/C17H21N5O3/c23-17(13-5-9-24-11-13)21-7-3-8-22-15(10-21)14(19-20-22)12-25-16-4-1-2-6-18-16/h1-2,4,6,13H,3,5,7-12H2. The minimum Gasteiger partial charge on any atom is -0.471 e. The van der Waals surface area contributed by atoms with Crippen LogP contribution in [0.2, 0.25) is 0 Å². The Morgan fingerprint density at radius 2 is 2.32 bits per heavy atom. The Hall–Kier alpha value is -2.48. The second-order valence-corrected chi connectivity index (χ2v) is 6.34. The van der Waals surface area contributed by atoms with E-state index < -0.39 is 0 Å². The summed E-state index contributed by atoms with van der Waals surface area (Å²) >= 11 is 0. The summed E-state index contributed by atoms with van der Waals surface area (Å²) < 4.78 is 12.9. The molecule has 1 saturated heterocycles. The maximum Gasteiger partial charge on any atom is 0.228 e. The van der Waals surface area contributed by atoms with Crippen molar-refractivity contribution in [1.82, 2.24) is 24.9 Å². The van der Waals surface area contributed by atoms with Crippen molar-refractivity contribution >= 4 is 5.91 Å². The van der Waals surface area contributed by atoms with E-state index in [2.05, 4.69) is 15.3 Å². The van der Waals surface area contributed by atoms with Gasteiger partial charge in [-0.3, -0.25) is 4.79 Å². The second-order valence-electron chi connectivity index (χ2n) is 6.34. The van der Waals surface area contributed by atoms with Gasteiger partial charge in [0.05, 0.1) is 24.8 Å².